The Kier molecular flexibility index (Phi) is 2.46. The lowest BCUT2D eigenvalue weighted by molar-refractivity contribution is 0.395. The molecule has 1 N–H and O–H groups in total. The smallest absolute Gasteiger partial charge is 0.0412 e. The maximum atomic E-state index is 3.91. The summed E-state index contributed by atoms with van der Waals surface area (Å²) in [4.78, 5) is 0. The maximum Gasteiger partial charge on any atom is 0.0412 e. The molecular weight excluding hydrogens is 206 g/mol. The molecular formula is C16H23N. The van der Waals surface area contributed by atoms with E-state index in [2.05, 4.69) is 38.2 Å². The van der Waals surface area contributed by atoms with Crippen LogP contribution in [0.5, 0.6) is 0 Å². The van der Waals surface area contributed by atoms with Crippen molar-refractivity contribution in [1.29, 1.82) is 0 Å². The summed E-state index contributed by atoms with van der Waals surface area (Å²) in [6.07, 6.45) is 6.86. The van der Waals surface area contributed by atoms with Crippen LogP contribution in [-0.2, 0) is 0 Å². The van der Waals surface area contributed by atoms with Crippen LogP contribution in [0.4, 0.5) is 5.69 Å². The molecule has 0 amide bonds. The Balaban J connectivity index is 2.08. The molecule has 0 bridgehead atoms. The average molecular weight is 229 g/mol. The number of aryl methyl sites for hydroxylation is 2. The summed E-state index contributed by atoms with van der Waals surface area (Å²) < 4.78 is 0. The molecule has 1 aliphatic heterocycles. The second-order valence-electron chi connectivity index (χ2n) is 6.21. The molecule has 2 aliphatic rings. The molecule has 0 saturated heterocycles. The molecule has 1 nitrogen and oxygen atoms in total. The summed E-state index contributed by atoms with van der Waals surface area (Å²) in [5, 5.41) is 3.91. The van der Waals surface area contributed by atoms with Crippen molar-refractivity contribution < 1.29 is 0 Å². The van der Waals surface area contributed by atoms with Gasteiger partial charge in [-0.3, -0.25) is 0 Å². The van der Waals surface area contributed by atoms with Gasteiger partial charge in [0.05, 0.1) is 0 Å². The van der Waals surface area contributed by atoms with E-state index in [4.69, 9.17) is 0 Å². The third kappa shape index (κ3) is 1.67. The van der Waals surface area contributed by atoms with E-state index in [-0.39, 0.29) is 0 Å². The second kappa shape index (κ2) is 3.76. The minimum atomic E-state index is 0.422. The Morgan fingerprint density at radius 1 is 1.12 bits per heavy atom. The lowest BCUT2D eigenvalue weighted by Gasteiger charge is -2.41. The largest absolute Gasteiger partial charge is 0.379 e. The number of anilines is 1. The van der Waals surface area contributed by atoms with Crippen LogP contribution in [0.2, 0.25) is 0 Å². The van der Waals surface area contributed by atoms with E-state index < -0.39 is 0 Å². The molecule has 0 aromatic heterocycles. The van der Waals surface area contributed by atoms with Crippen molar-refractivity contribution in [2.75, 3.05) is 5.32 Å². The molecule has 0 radical (unpaired) electrons. The molecule has 1 fully saturated rings. The van der Waals surface area contributed by atoms with Crippen LogP contribution >= 0.6 is 0 Å². The van der Waals surface area contributed by atoms with E-state index in [9.17, 15) is 0 Å². The highest BCUT2D eigenvalue weighted by Crippen LogP contribution is 2.48. The topological polar surface area (TPSA) is 12.0 Å². The van der Waals surface area contributed by atoms with Gasteiger partial charge in [0, 0.05) is 11.2 Å². The maximum absolute atomic E-state index is 3.91. The number of benzene rings is 1. The Hall–Kier alpha value is -0.980. The Morgan fingerprint density at radius 3 is 2.47 bits per heavy atom. The van der Waals surface area contributed by atoms with E-state index in [1.807, 2.05) is 0 Å². The van der Waals surface area contributed by atoms with E-state index in [1.165, 1.54) is 48.9 Å². The van der Waals surface area contributed by atoms with Gasteiger partial charge in [-0.2, -0.15) is 0 Å². The first-order chi connectivity index (χ1) is 8.11. The number of fused-ring (bicyclic) bond motifs is 1. The van der Waals surface area contributed by atoms with Gasteiger partial charge < -0.3 is 5.32 Å². The molecule has 1 saturated carbocycles. The number of rotatable bonds is 0. The van der Waals surface area contributed by atoms with Crippen molar-refractivity contribution in [3.05, 3.63) is 28.8 Å². The van der Waals surface area contributed by atoms with Crippen LogP contribution in [0.25, 0.3) is 0 Å². The van der Waals surface area contributed by atoms with Crippen LogP contribution in [0, 0.1) is 13.8 Å². The Labute approximate surface area is 105 Å². The molecule has 3 rings (SSSR count). The predicted octanol–water partition coefficient (Wildman–Crippen LogP) is 4.54. The Morgan fingerprint density at radius 2 is 1.76 bits per heavy atom. The lowest BCUT2D eigenvalue weighted by atomic mass is 9.76. The fraction of sp³-hybridized carbons (Fsp3) is 0.625. The van der Waals surface area contributed by atoms with Crippen molar-refractivity contribution in [3.63, 3.8) is 0 Å². The van der Waals surface area contributed by atoms with Crippen LogP contribution < -0.4 is 5.32 Å². The molecule has 1 heterocycles. The number of nitrogens with one attached hydrogen (secondary N) is 1. The summed E-state index contributed by atoms with van der Waals surface area (Å²) in [5.74, 6) is 0.712. The highest BCUT2D eigenvalue weighted by Gasteiger charge is 2.40. The SMILES string of the molecule is Cc1ccc(C)c2c1NC1(CCCC1)CC2C. The van der Waals surface area contributed by atoms with Crippen molar-refractivity contribution in [2.45, 2.75) is 64.3 Å². The van der Waals surface area contributed by atoms with Gasteiger partial charge in [0.2, 0.25) is 0 Å². The van der Waals surface area contributed by atoms with Crippen LogP contribution in [0.15, 0.2) is 12.1 Å². The monoisotopic (exact) mass is 229 g/mol. The third-order valence-electron chi connectivity index (χ3n) is 4.81. The summed E-state index contributed by atoms with van der Waals surface area (Å²) in [6.45, 7) is 6.90. The average Bonchev–Trinajstić information content (AvgIpc) is 2.71. The van der Waals surface area contributed by atoms with E-state index >= 15 is 0 Å². The summed E-state index contributed by atoms with van der Waals surface area (Å²) in [7, 11) is 0. The minimum Gasteiger partial charge on any atom is -0.379 e. The third-order valence-corrected chi connectivity index (χ3v) is 4.81. The normalized spacial score (nSPS) is 25.7. The van der Waals surface area contributed by atoms with Gasteiger partial charge in [-0.25, -0.2) is 0 Å². The molecule has 1 heteroatoms. The fourth-order valence-corrected chi connectivity index (χ4v) is 4.02. The molecule has 1 spiro atoms. The standard InChI is InChI=1S/C16H23N/c1-11-6-7-12(2)15-14(11)13(3)10-16(17-15)8-4-5-9-16/h6-7,13,17H,4-5,8-10H2,1-3H3. The van der Waals surface area contributed by atoms with Crippen LogP contribution in [0.1, 0.15) is 61.6 Å². The zero-order valence-electron chi connectivity index (χ0n) is 11.3. The second-order valence-corrected chi connectivity index (χ2v) is 6.21. The zero-order valence-corrected chi connectivity index (χ0v) is 11.3. The van der Waals surface area contributed by atoms with Gasteiger partial charge in [-0.15, -0.1) is 0 Å². The van der Waals surface area contributed by atoms with Crippen molar-refractivity contribution in [1.82, 2.24) is 0 Å². The first kappa shape index (κ1) is 11.1. The minimum absolute atomic E-state index is 0.422. The number of hydrogen-bond acceptors (Lipinski definition) is 1. The van der Waals surface area contributed by atoms with Gasteiger partial charge in [0.1, 0.15) is 0 Å². The van der Waals surface area contributed by atoms with Gasteiger partial charge in [0.25, 0.3) is 0 Å². The molecule has 92 valence electrons. The number of hydrogen-bond donors (Lipinski definition) is 1. The predicted molar refractivity (Wildman–Crippen MR) is 73.8 cm³/mol. The first-order valence-corrected chi connectivity index (χ1v) is 7.00. The molecule has 1 atom stereocenters. The van der Waals surface area contributed by atoms with E-state index in [0.717, 1.165) is 0 Å². The van der Waals surface area contributed by atoms with Gasteiger partial charge in [-0.1, -0.05) is 31.9 Å². The quantitative estimate of drug-likeness (QED) is 0.689. The highest BCUT2D eigenvalue weighted by molar-refractivity contribution is 5.64. The van der Waals surface area contributed by atoms with Crippen LogP contribution in [0.3, 0.4) is 0 Å². The van der Waals surface area contributed by atoms with Gasteiger partial charge in [0.15, 0.2) is 0 Å². The first-order valence-electron chi connectivity index (χ1n) is 7.00. The van der Waals surface area contributed by atoms with Crippen molar-refractivity contribution >= 4 is 5.69 Å². The zero-order chi connectivity index (χ0) is 12.0. The molecule has 1 aromatic rings. The summed E-state index contributed by atoms with van der Waals surface area (Å²) >= 11 is 0. The van der Waals surface area contributed by atoms with E-state index in [0.29, 0.717) is 11.5 Å². The lowest BCUT2D eigenvalue weighted by Crippen LogP contribution is -2.40. The summed E-state index contributed by atoms with van der Waals surface area (Å²) in [5.41, 5.74) is 6.32. The fourth-order valence-electron chi connectivity index (χ4n) is 4.02. The van der Waals surface area contributed by atoms with Gasteiger partial charge in [-0.05, 0) is 55.7 Å². The highest BCUT2D eigenvalue weighted by atomic mass is 15.0. The van der Waals surface area contributed by atoms with Crippen molar-refractivity contribution in [2.24, 2.45) is 0 Å². The Bertz CT molecular complexity index is 441. The molecule has 1 aromatic carbocycles. The van der Waals surface area contributed by atoms with Crippen molar-refractivity contribution in [3.8, 4) is 0 Å². The molecule has 17 heavy (non-hydrogen) atoms. The molecule has 1 aliphatic carbocycles. The van der Waals surface area contributed by atoms with Crippen LogP contribution in [-0.4, -0.2) is 5.54 Å². The van der Waals surface area contributed by atoms with E-state index in [1.54, 1.807) is 5.56 Å². The summed E-state index contributed by atoms with van der Waals surface area (Å²) in [6, 6.07) is 4.54. The van der Waals surface area contributed by atoms with Gasteiger partial charge >= 0.3 is 0 Å². The molecule has 1 unspecified atom stereocenters.